The molecule has 1 aliphatic rings. The highest BCUT2D eigenvalue weighted by molar-refractivity contribution is 7.09. The van der Waals surface area contributed by atoms with Crippen molar-refractivity contribution >= 4 is 11.3 Å². The second-order valence-corrected chi connectivity index (χ2v) is 8.01. The van der Waals surface area contributed by atoms with Gasteiger partial charge in [-0.2, -0.15) is 0 Å². The molecule has 4 nitrogen and oxygen atoms in total. The van der Waals surface area contributed by atoms with Gasteiger partial charge in [-0.1, -0.05) is 13.8 Å². The van der Waals surface area contributed by atoms with Crippen LogP contribution in [0.3, 0.4) is 0 Å². The molecule has 0 spiro atoms. The Kier molecular flexibility index (Phi) is 5.41. The van der Waals surface area contributed by atoms with Crippen LogP contribution in [0.15, 0.2) is 5.38 Å². The van der Waals surface area contributed by atoms with Gasteiger partial charge >= 0.3 is 0 Å². The number of hydrazine groups is 1. The number of hydrogen-bond acceptors (Lipinski definition) is 5. The van der Waals surface area contributed by atoms with Crippen molar-refractivity contribution in [2.24, 2.45) is 11.3 Å². The molecule has 1 unspecified atom stereocenters. The predicted octanol–water partition coefficient (Wildman–Crippen LogP) is 3.20. The van der Waals surface area contributed by atoms with Gasteiger partial charge in [0.05, 0.1) is 22.3 Å². The molecular formula is C16H29N3OS. The third-order valence-electron chi connectivity index (χ3n) is 4.80. The highest BCUT2D eigenvalue weighted by Crippen LogP contribution is 2.44. The van der Waals surface area contributed by atoms with Crippen LogP contribution in [0.2, 0.25) is 0 Å². The molecule has 5 heteroatoms. The zero-order valence-corrected chi connectivity index (χ0v) is 14.6. The van der Waals surface area contributed by atoms with Crippen LogP contribution in [0.1, 0.15) is 57.2 Å². The lowest BCUT2D eigenvalue weighted by Gasteiger charge is -2.47. The van der Waals surface area contributed by atoms with Crippen molar-refractivity contribution in [1.82, 2.24) is 10.4 Å². The summed E-state index contributed by atoms with van der Waals surface area (Å²) in [5.41, 5.74) is 4.39. The fourth-order valence-electron chi connectivity index (χ4n) is 3.34. The van der Waals surface area contributed by atoms with Crippen LogP contribution in [0.5, 0.6) is 0 Å². The van der Waals surface area contributed by atoms with E-state index in [9.17, 15) is 0 Å². The molecule has 1 aromatic heterocycles. The van der Waals surface area contributed by atoms with Crippen molar-refractivity contribution in [3.05, 3.63) is 16.1 Å². The van der Waals surface area contributed by atoms with Crippen molar-refractivity contribution < 1.29 is 4.74 Å². The lowest BCUT2D eigenvalue weighted by molar-refractivity contribution is -0.106. The predicted molar refractivity (Wildman–Crippen MR) is 88.3 cm³/mol. The monoisotopic (exact) mass is 311 g/mol. The smallest absolute Gasteiger partial charge is 0.0897 e. The first kappa shape index (κ1) is 16.9. The summed E-state index contributed by atoms with van der Waals surface area (Å²) in [5, 5.41) is 3.24. The van der Waals surface area contributed by atoms with Gasteiger partial charge in [0.25, 0.3) is 0 Å². The molecule has 21 heavy (non-hydrogen) atoms. The second-order valence-electron chi connectivity index (χ2n) is 6.94. The molecule has 0 aliphatic heterocycles. The Hall–Kier alpha value is -0.490. The minimum Gasteiger partial charge on any atom is -0.374 e. The topological polar surface area (TPSA) is 60.2 Å². The summed E-state index contributed by atoms with van der Waals surface area (Å²) in [6, 6.07) is 0.120. The summed E-state index contributed by atoms with van der Waals surface area (Å²) < 4.78 is 6.23. The van der Waals surface area contributed by atoms with Crippen LogP contribution in [0, 0.1) is 12.3 Å². The lowest BCUT2D eigenvalue weighted by atomic mass is 9.68. The van der Waals surface area contributed by atoms with E-state index in [1.54, 1.807) is 11.3 Å². The Morgan fingerprint density at radius 1 is 1.38 bits per heavy atom. The van der Waals surface area contributed by atoms with Crippen LogP contribution in [-0.4, -0.2) is 23.2 Å². The third kappa shape index (κ3) is 4.03. The van der Waals surface area contributed by atoms with Gasteiger partial charge in [0.15, 0.2) is 0 Å². The largest absolute Gasteiger partial charge is 0.374 e. The van der Waals surface area contributed by atoms with E-state index in [0.717, 1.165) is 36.6 Å². The maximum absolute atomic E-state index is 6.23. The molecule has 1 fully saturated rings. The number of aromatic nitrogens is 1. The summed E-state index contributed by atoms with van der Waals surface area (Å²) in [6.07, 6.45) is 5.32. The van der Waals surface area contributed by atoms with Gasteiger partial charge in [-0.25, -0.2) is 4.98 Å². The number of hydrogen-bond donors (Lipinski definition) is 2. The van der Waals surface area contributed by atoms with Crippen LogP contribution in [0.25, 0.3) is 0 Å². The zero-order chi connectivity index (χ0) is 15.5. The standard InChI is InChI=1S/C16H29N3OS/c1-5-20-16(8-6-15(3,4)7-9-16)14(19-17)10-13-11-21-12(2)18-13/h11,14,19H,5-10,17H2,1-4H3. The number of aryl methyl sites for hydroxylation is 1. The average Bonchev–Trinajstić information content (AvgIpc) is 2.85. The molecule has 0 aromatic carbocycles. The van der Waals surface area contributed by atoms with Crippen LogP contribution < -0.4 is 11.3 Å². The molecule has 0 bridgehead atoms. The molecule has 0 amide bonds. The normalized spacial score (nSPS) is 22.1. The molecule has 1 aromatic rings. The third-order valence-corrected chi connectivity index (χ3v) is 5.62. The molecule has 1 atom stereocenters. The highest BCUT2D eigenvalue weighted by atomic mass is 32.1. The van der Waals surface area contributed by atoms with Crippen molar-refractivity contribution in [2.75, 3.05) is 6.61 Å². The summed E-state index contributed by atoms with van der Waals surface area (Å²) in [4.78, 5) is 4.58. The van der Waals surface area contributed by atoms with Gasteiger partial charge in [-0.05, 0) is 44.9 Å². The summed E-state index contributed by atoms with van der Waals surface area (Å²) in [5.74, 6) is 5.89. The van der Waals surface area contributed by atoms with E-state index >= 15 is 0 Å². The summed E-state index contributed by atoms with van der Waals surface area (Å²) in [6.45, 7) is 9.53. The van der Waals surface area contributed by atoms with Gasteiger partial charge in [-0.15, -0.1) is 11.3 Å². The molecule has 1 saturated carbocycles. The fourth-order valence-corrected chi connectivity index (χ4v) is 3.96. The molecule has 120 valence electrons. The van der Waals surface area contributed by atoms with Crippen molar-refractivity contribution in [3.8, 4) is 0 Å². The van der Waals surface area contributed by atoms with Crippen molar-refractivity contribution in [1.29, 1.82) is 0 Å². The fraction of sp³-hybridized carbons (Fsp3) is 0.812. The van der Waals surface area contributed by atoms with E-state index in [2.05, 4.69) is 36.6 Å². The molecule has 0 radical (unpaired) electrons. The second kappa shape index (κ2) is 6.73. The number of rotatable bonds is 6. The Balaban J connectivity index is 2.14. The van der Waals surface area contributed by atoms with Gasteiger partial charge in [0.2, 0.25) is 0 Å². The summed E-state index contributed by atoms with van der Waals surface area (Å²) >= 11 is 1.70. The number of nitrogens with zero attached hydrogens (tertiary/aromatic N) is 1. The van der Waals surface area contributed by atoms with E-state index in [1.807, 2.05) is 6.92 Å². The first-order valence-corrected chi connectivity index (χ1v) is 8.80. The Labute approximate surface area is 132 Å². The number of nitrogens with two attached hydrogens (primary N) is 1. The first-order valence-electron chi connectivity index (χ1n) is 7.92. The molecule has 0 saturated heterocycles. The quantitative estimate of drug-likeness (QED) is 0.625. The van der Waals surface area contributed by atoms with Crippen LogP contribution in [-0.2, 0) is 11.2 Å². The maximum atomic E-state index is 6.23. The van der Waals surface area contributed by atoms with Gasteiger partial charge in [0, 0.05) is 18.4 Å². The molecule has 2 rings (SSSR count). The average molecular weight is 311 g/mol. The minimum atomic E-state index is -0.156. The Bertz CT molecular complexity index is 448. The Morgan fingerprint density at radius 3 is 2.52 bits per heavy atom. The summed E-state index contributed by atoms with van der Waals surface area (Å²) in [7, 11) is 0. The van der Waals surface area contributed by atoms with Crippen LogP contribution in [0.4, 0.5) is 0 Å². The maximum Gasteiger partial charge on any atom is 0.0897 e. The number of thiazole rings is 1. The molecule has 1 aliphatic carbocycles. The van der Waals surface area contributed by atoms with Gasteiger partial charge in [-0.3, -0.25) is 11.3 Å². The van der Waals surface area contributed by atoms with Crippen LogP contribution >= 0.6 is 11.3 Å². The zero-order valence-electron chi connectivity index (χ0n) is 13.7. The lowest BCUT2D eigenvalue weighted by Crippen LogP contribution is -2.58. The van der Waals surface area contributed by atoms with E-state index in [-0.39, 0.29) is 11.6 Å². The molecule has 1 heterocycles. The molecular weight excluding hydrogens is 282 g/mol. The van der Waals surface area contributed by atoms with E-state index in [4.69, 9.17) is 10.6 Å². The van der Waals surface area contributed by atoms with E-state index < -0.39 is 0 Å². The first-order chi connectivity index (χ1) is 9.91. The van der Waals surface area contributed by atoms with Gasteiger partial charge in [0.1, 0.15) is 0 Å². The number of ether oxygens (including phenoxy) is 1. The van der Waals surface area contributed by atoms with Crippen molar-refractivity contribution in [2.45, 2.75) is 71.4 Å². The number of nitrogens with one attached hydrogen (secondary N) is 1. The Morgan fingerprint density at radius 2 is 2.05 bits per heavy atom. The SMILES string of the molecule is CCOC1(C(Cc2csc(C)n2)NN)CCC(C)(C)CC1. The highest BCUT2D eigenvalue weighted by Gasteiger charge is 2.44. The van der Waals surface area contributed by atoms with E-state index in [1.165, 1.54) is 12.8 Å². The minimum absolute atomic E-state index is 0.120. The van der Waals surface area contributed by atoms with E-state index in [0.29, 0.717) is 5.41 Å². The molecule has 3 N–H and O–H groups in total. The van der Waals surface area contributed by atoms with Crippen molar-refractivity contribution in [3.63, 3.8) is 0 Å². The van der Waals surface area contributed by atoms with Gasteiger partial charge < -0.3 is 4.74 Å².